The Morgan fingerprint density at radius 1 is 1.29 bits per heavy atom. The van der Waals surface area contributed by atoms with Gasteiger partial charge in [0.2, 0.25) is 0 Å². The molecule has 3 atom stereocenters. The molecule has 2 fully saturated rings. The molecular formula is C15H22O2. The standard InChI is InChI=1S/C15H22O2/c1-10-11(9-16)15(4)7-5-6-14(2,3)13(15)8-12(10)17/h9,11,13H,1,5-8H2,2-4H3/t11-,13-,15+/m0/s1. The molecule has 2 aliphatic rings. The van der Waals surface area contributed by atoms with Crippen LogP contribution in [0, 0.1) is 22.7 Å². The predicted octanol–water partition coefficient (Wildman–Crippen LogP) is 3.16. The molecule has 0 radical (unpaired) electrons. The first-order valence-corrected chi connectivity index (χ1v) is 6.50. The zero-order chi connectivity index (χ0) is 12.8. The quantitative estimate of drug-likeness (QED) is 0.516. The summed E-state index contributed by atoms with van der Waals surface area (Å²) in [7, 11) is 0. The number of allylic oxidation sites excluding steroid dienone is 1. The third kappa shape index (κ3) is 1.69. The van der Waals surface area contributed by atoms with Crippen LogP contribution in [-0.2, 0) is 9.59 Å². The number of Topliss-reactive ketones (excluding diaryl/α,β-unsaturated/α-hetero) is 1. The third-order valence-corrected chi connectivity index (χ3v) is 5.25. The van der Waals surface area contributed by atoms with Gasteiger partial charge in [-0.2, -0.15) is 0 Å². The van der Waals surface area contributed by atoms with E-state index < -0.39 is 0 Å². The van der Waals surface area contributed by atoms with Gasteiger partial charge in [0.05, 0.1) is 0 Å². The number of hydrogen-bond donors (Lipinski definition) is 0. The smallest absolute Gasteiger partial charge is 0.159 e. The van der Waals surface area contributed by atoms with Gasteiger partial charge in [-0.15, -0.1) is 0 Å². The van der Waals surface area contributed by atoms with Gasteiger partial charge in [0.1, 0.15) is 6.29 Å². The van der Waals surface area contributed by atoms with E-state index in [-0.39, 0.29) is 22.5 Å². The molecule has 2 heteroatoms. The van der Waals surface area contributed by atoms with Crippen molar-refractivity contribution in [3.8, 4) is 0 Å². The summed E-state index contributed by atoms with van der Waals surface area (Å²) < 4.78 is 0. The van der Waals surface area contributed by atoms with Crippen LogP contribution in [0.15, 0.2) is 12.2 Å². The lowest BCUT2D eigenvalue weighted by Gasteiger charge is -2.55. The van der Waals surface area contributed by atoms with Crippen molar-refractivity contribution in [3.63, 3.8) is 0 Å². The predicted molar refractivity (Wildman–Crippen MR) is 67.5 cm³/mol. The van der Waals surface area contributed by atoms with Crippen molar-refractivity contribution >= 4 is 12.1 Å². The van der Waals surface area contributed by atoms with Gasteiger partial charge < -0.3 is 4.79 Å². The Hall–Kier alpha value is -0.920. The Balaban J connectivity index is 2.46. The van der Waals surface area contributed by atoms with E-state index in [9.17, 15) is 9.59 Å². The summed E-state index contributed by atoms with van der Waals surface area (Å²) in [4.78, 5) is 23.4. The van der Waals surface area contributed by atoms with Gasteiger partial charge >= 0.3 is 0 Å². The lowest BCUT2D eigenvalue weighted by atomic mass is 9.47. The number of fused-ring (bicyclic) bond motifs is 1. The van der Waals surface area contributed by atoms with Crippen LogP contribution in [0.5, 0.6) is 0 Å². The van der Waals surface area contributed by atoms with E-state index in [0.717, 1.165) is 25.5 Å². The van der Waals surface area contributed by atoms with Crippen molar-refractivity contribution < 1.29 is 9.59 Å². The van der Waals surface area contributed by atoms with Crippen LogP contribution in [0.1, 0.15) is 46.5 Å². The number of ketones is 1. The summed E-state index contributed by atoms with van der Waals surface area (Å²) in [5, 5.41) is 0. The normalized spacial score (nSPS) is 40.9. The lowest BCUT2D eigenvalue weighted by Crippen LogP contribution is -2.52. The minimum Gasteiger partial charge on any atom is -0.303 e. The van der Waals surface area contributed by atoms with Gasteiger partial charge in [-0.05, 0) is 35.2 Å². The molecular weight excluding hydrogens is 212 g/mol. The first-order valence-electron chi connectivity index (χ1n) is 6.50. The van der Waals surface area contributed by atoms with Gasteiger partial charge in [-0.25, -0.2) is 0 Å². The van der Waals surface area contributed by atoms with Crippen molar-refractivity contribution in [2.75, 3.05) is 0 Å². The van der Waals surface area contributed by atoms with Crippen molar-refractivity contribution in [3.05, 3.63) is 12.2 Å². The van der Waals surface area contributed by atoms with E-state index in [1.807, 2.05) is 0 Å². The topological polar surface area (TPSA) is 34.1 Å². The van der Waals surface area contributed by atoms with E-state index in [0.29, 0.717) is 17.9 Å². The fourth-order valence-electron chi connectivity index (χ4n) is 4.17. The molecule has 0 unspecified atom stereocenters. The summed E-state index contributed by atoms with van der Waals surface area (Å²) in [6.07, 6.45) is 4.86. The van der Waals surface area contributed by atoms with E-state index in [2.05, 4.69) is 27.4 Å². The second-order valence-electron chi connectivity index (χ2n) is 6.67. The van der Waals surface area contributed by atoms with E-state index in [4.69, 9.17) is 0 Å². The lowest BCUT2D eigenvalue weighted by molar-refractivity contribution is -0.135. The molecule has 2 aliphatic carbocycles. The molecule has 0 amide bonds. The average molecular weight is 234 g/mol. The molecule has 0 bridgehead atoms. The summed E-state index contributed by atoms with van der Waals surface area (Å²) in [6.45, 7) is 10.5. The molecule has 0 aromatic heterocycles. The van der Waals surface area contributed by atoms with E-state index in [1.165, 1.54) is 0 Å². The number of aldehydes is 1. The zero-order valence-corrected chi connectivity index (χ0v) is 11.1. The molecule has 0 aromatic carbocycles. The van der Waals surface area contributed by atoms with Crippen LogP contribution < -0.4 is 0 Å². The molecule has 0 spiro atoms. The van der Waals surface area contributed by atoms with Crippen LogP contribution in [0.3, 0.4) is 0 Å². The van der Waals surface area contributed by atoms with Crippen LogP contribution in [-0.4, -0.2) is 12.1 Å². The SMILES string of the molecule is C=C1C(=O)C[C@H]2C(C)(C)CCC[C@]2(C)[C@H]1C=O. The minimum absolute atomic E-state index is 0.0610. The van der Waals surface area contributed by atoms with Crippen molar-refractivity contribution in [2.24, 2.45) is 22.7 Å². The largest absolute Gasteiger partial charge is 0.303 e. The van der Waals surface area contributed by atoms with Gasteiger partial charge in [0.15, 0.2) is 5.78 Å². The number of carbonyl (C=O) groups is 2. The highest BCUT2D eigenvalue weighted by Gasteiger charge is 2.55. The molecule has 0 N–H and O–H groups in total. The highest BCUT2D eigenvalue weighted by Crippen LogP contribution is 2.59. The fraction of sp³-hybridized carbons (Fsp3) is 0.733. The van der Waals surface area contributed by atoms with Crippen molar-refractivity contribution in [1.29, 1.82) is 0 Å². The maximum Gasteiger partial charge on any atom is 0.159 e. The molecule has 2 rings (SSSR count). The van der Waals surface area contributed by atoms with Crippen LogP contribution in [0.2, 0.25) is 0 Å². The Labute approximate surface area is 103 Å². The third-order valence-electron chi connectivity index (χ3n) is 5.25. The van der Waals surface area contributed by atoms with E-state index >= 15 is 0 Å². The molecule has 2 nitrogen and oxygen atoms in total. The number of rotatable bonds is 1. The van der Waals surface area contributed by atoms with Crippen LogP contribution >= 0.6 is 0 Å². The molecule has 0 aromatic rings. The summed E-state index contributed by atoms with van der Waals surface area (Å²) in [5.41, 5.74) is 0.635. The second kappa shape index (κ2) is 3.79. The molecule has 17 heavy (non-hydrogen) atoms. The fourth-order valence-corrected chi connectivity index (χ4v) is 4.17. The Kier molecular flexibility index (Phi) is 2.80. The summed E-state index contributed by atoms with van der Waals surface area (Å²) in [5.74, 6) is 0.143. The Morgan fingerprint density at radius 3 is 2.53 bits per heavy atom. The van der Waals surface area contributed by atoms with Crippen molar-refractivity contribution in [2.45, 2.75) is 46.5 Å². The highest BCUT2D eigenvalue weighted by molar-refractivity contribution is 5.99. The highest BCUT2D eigenvalue weighted by atomic mass is 16.1. The molecule has 94 valence electrons. The zero-order valence-electron chi connectivity index (χ0n) is 11.1. The summed E-state index contributed by atoms with van der Waals surface area (Å²) >= 11 is 0. The maximum atomic E-state index is 12.0. The van der Waals surface area contributed by atoms with Gasteiger partial charge in [-0.3, -0.25) is 4.79 Å². The molecule has 0 aliphatic heterocycles. The maximum absolute atomic E-state index is 12.0. The molecule has 0 saturated heterocycles. The van der Waals surface area contributed by atoms with Gasteiger partial charge in [-0.1, -0.05) is 33.8 Å². The molecule has 0 heterocycles. The number of carbonyl (C=O) groups excluding carboxylic acids is 2. The summed E-state index contributed by atoms with van der Waals surface area (Å²) in [6, 6.07) is 0. The average Bonchev–Trinajstić information content (AvgIpc) is 2.22. The van der Waals surface area contributed by atoms with Crippen LogP contribution in [0.25, 0.3) is 0 Å². The first kappa shape index (κ1) is 12.5. The monoisotopic (exact) mass is 234 g/mol. The Bertz CT molecular complexity index is 380. The Morgan fingerprint density at radius 2 is 1.94 bits per heavy atom. The second-order valence-corrected chi connectivity index (χ2v) is 6.67. The minimum atomic E-state index is -0.270. The molecule has 2 saturated carbocycles. The number of hydrogen-bond acceptors (Lipinski definition) is 2. The van der Waals surface area contributed by atoms with Crippen molar-refractivity contribution in [1.82, 2.24) is 0 Å². The van der Waals surface area contributed by atoms with E-state index in [1.54, 1.807) is 0 Å². The van der Waals surface area contributed by atoms with Gasteiger partial charge in [0.25, 0.3) is 0 Å². The van der Waals surface area contributed by atoms with Crippen LogP contribution in [0.4, 0.5) is 0 Å². The van der Waals surface area contributed by atoms with Gasteiger partial charge in [0, 0.05) is 12.3 Å². The first-order chi connectivity index (χ1) is 7.83.